The number of fused-ring (bicyclic) bond motifs is 10. The van der Waals surface area contributed by atoms with Crippen LogP contribution in [0.5, 0.6) is 0 Å². The number of aryl methyl sites for hydroxylation is 1. The molecule has 5 heteroatoms. The van der Waals surface area contributed by atoms with Crippen molar-refractivity contribution >= 4 is 97.4 Å². The Bertz CT molecular complexity index is 2450. The van der Waals surface area contributed by atoms with Crippen LogP contribution < -0.4 is 47.5 Å². The molecule has 7 aromatic rings. The molecule has 0 radical (unpaired) electrons. The average molecular weight is 609 g/mol. The van der Waals surface area contributed by atoms with Crippen LogP contribution >= 0.6 is 0 Å². The molecule has 4 aliphatic rings. The zero-order valence-corrected chi connectivity index (χ0v) is 26.5. The molecular weight excluding hydrogens is 580 g/mol. The molecule has 3 nitrogen and oxygen atoms in total. The predicted octanol–water partition coefficient (Wildman–Crippen LogP) is 6.69. The number of rotatable bonds is 2. The quantitative estimate of drug-likeness (QED) is 0.202. The second-order valence-electron chi connectivity index (χ2n) is 13.3. The number of hydrogen-bond acceptors (Lipinski definition) is 3. The summed E-state index contributed by atoms with van der Waals surface area (Å²) in [5, 5.41) is 0. The SMILES string of the molecule is Cc1ccccc1N1c2ccccc2B2c3ccccc3N3c4ccccc4B4c5ccccc5N(c5ccccc5)c5cc1c2c3c54. The van der Waals surface area contributed by atoms with Gasteiger partial charge in [0.15, 0.2) is 0 Å². The molecule has 0 aliphatic carbocycles. The molecule has 0 amide bonds. The molecule has 4 aliphatic heterocycles. The average Bonchev–Trinajstić information content (AvgIpc) is 3.15. The van der Waals surface area contributed by atoms with Crippen LogP contribution in [0, 0.1) is 6.92 Å². The molecule has 0 N–H and O–H groups in total. The van der Waals surface area contributed by atoms with Crippen molar-refractivity contribution in [2.75, 3.05) is 14.7 Å². The van der Waals surface area contributed by atoms with E-state index < -0.39 is 0 Å². The van der Waals surface area contributed by atoms with Crippen molar-refractivity contribution in [1.82, 2.24) is 0 Å². The van der Waals surface area contributed by atoms with Crippen molar-refractivity contribution in [2.45, 2.75) is 6.92 Å². The van der Waals surface area contributed by atoms with Crippen LogP contribution in [0.2, 0.25) is 0 Å². The predicted molar refractivity (Wildman–Crippen MR) is 205 cm³/mol. The fraction of sp³-hybridized carbons (Fsp3) is 0.0233. The highest BCUT2D eigenvalue weighted by Gasteiger charge is 2.51. The summed E-state index contributed by atoms with van der Waals surface area (Å²) in [5.74, 6) is 0. The highest BCUT2D eigenvalue weighted by molar-refractivity contribution is 7.04. The molecule has 0 atom stereocenters. The second kappa shape index (κ2) is 9.56. The summed E-state index contributed by atoms with van der Waals surface area (Å²) < 4.78 is 0. The van der Waals surface area contributed by atoms with Crippen LogP contribution in [0.25, 0.3) is 0 Å². The highest BCUT2D eigenvalue weighted by atomic mass is 15.2. The first kappa shape index (κ1) is 26.2. The topological polar surface area (TPSA) is 9.72 Å². The van der Waals surface area contributed by atoms with E-state index in [1.165, 1.54) is 89.5 Å². The van der Waals surface area contributed by atoms with Gasteiger partial charge >= 0.3 is 0 Å². The number of benzene rings is 7. The lowest BCUT2D eigenvalue weighted by Gasteiger charge is -2.51. The van der Waals surface area contributed by atoms with Crippen LogP contribution in [0.3, 0.4) is 0 Å². The summed E-state index contributed by atoms with van der Waals surface area (Å²) in [6.07, 6.45) is 0. The normalized spacial score (nSPS) is 14.1. The molecule has 0 unspecified atom stereocenters. The molecule has 0 saturated carbocycles. The third-order valence-corrected chi connectivity index (χ3v) is 10.9. The third-order valence-electron chi connectivity index (χ3n) is 10.9. The van der Waals surface area contributed by atoms with E-state index in [0.29, 0.717) is 0 Å². The van der Waals surface area contributed by atoms with Crippen LogP contribution in [-0.4, -0.2) is 13.4 Å². The number of hydrogen-bond donors (Lipinski definition) is 0. The molecule has 0 saturated heterocycles. The molecule has 222 valence electrons. The van der Waals surface area contributed by atoms with Crippen LogP contribution in [0.1, 0.15) is 5.56 Å². The Morgan fingerprint density at radius 3 is 1.27 bits per heavy atom. The summed E-state index contributed by atoms with van der Waals surface area (Å²) in [7, 11) is 0. The number of para-hydroxylation sites is 6. The maximum atomic E-state index is 2.59. The van der Waals surface area contributed by atoms with Crippen molar-refractivity contribution in [3.63, 3.8) is 0 Å². The summed E-state index contributed by atoms with van der Waals surface area (Å²) in [5.41, 5.74) is 20.7. The van der Waals surface area contributed by atoms with Crippen LogP contribution in [0.4, 0.5) is 51.2 Å². The van der Waals surface area contributed by atoms with E-state index in [0.717, 1.165) is 0 Å². The molecule has 11 rings (SSSR count). The van der Waals surface area contributed by atoms with Crippen molar-refractivity contribution in [2.24, 2.45) is 0 Å². The maximum absolute atomic E-state index is 2.59. The van der Waals surface area contributed by atoms with Gasteiger partial charge in [-0.05, 0) is 93.8 Å². The van der Waals surface area contributed by atoms with E-state index >= 15 is 0 Å². The van der Waals surface area contributed by atoms with E-state index in [9.17, 15) is 0 Å². The van der Waals surface area contributed by atoms with Crippen molar-refractivity contribution < 1.29 is 0 Å². The molecule has 7 aromatic carbocycles. The van der Waals surface area contributed by atoms with Crippen molar-refractivity contribution in [3.8, 4) is 0 Å². The van der Waals surface area contributed by atoms with Gasteiger partial charge in [-0.3, -0.25) is 0 Å². The van der Waals surface area contributed by atoms with Crippen molar-refractivity contribution in [1.29, 1.82) is 0 Å². The van der Waals surface area contributed by atoms with Crippen LogP contribution in [-0.2, 0) is 0 Å². The summed E-state index contributed by atoms with van der Waals surface area (Å²) >= 11 is 0. The Labute approximate surface area is 281 Å². The largest absolute Gasteiger partial charge is 0.312 e. The molecule has 0 bridgehead atoms. The zero-order chi connectivity index (χ0) is 31.5. The van der Waals surface area contributed by atoms with Gasteiger partial charge in [0.05, 0.1) is 0 Å². The molecule has 48 heavy (non-hydrogen) atoms. The Hall–Kier alpha value is -5.93. The first-order valence-electron chi connectivity index (χ1n) is 16.9. The van der Waals surface area contributed by atoms with Crippen molar-refractivity contribution in [3.05, 3.63) is 163 Å². The zero-order valence-electron chi connectivity index (χ0n) is 26.5. The Morgan fingerprint density at radius 1 is 0.354 bits per heavy atom. The summed E-state index contributed by atoms with van der Waals surface area (Å²) in [4.78, 5) is 7.64. The summed E-state index contributed by atoms with van der Waals surface area (Å²) in [6.45, 7) is 2.45. The summed E-state index contributed by atoms with van der Waals surface area (Å²) in [6, 6.07) is 58.6. The van der Waals surface area contributed by atoms with Gasteiger partial charge in [0.2, 0.25) is 0 Å². The first-order chi connectivity index (χ1) is 23.8. The number of nitrogens with zero attached hydrogens (tertiary/aromatic N) is 3. The van der Waals surface area contributed by atoms with Gasteiger partial charge in [-0.2, -0.15) is 0 Å². The van der Waals surface area contributed by atoms with Gasteiger partial charge in [-0.25, -0.2) is 0 Å². The minimum atomic E-state index is 0.109. The molecule has 0 aromatic heterocycles. The lowest BCUT2D eigenvalue weighted by molar-refractivity contribution is 1.22. The number of anilines is 9. The molecule has 4 heterocycles. The lowest BCUT2D eigenvalue weighted by Crippen LogP contribution is -2.68. The maximum Gasteiger partial charge on any atom is 0.252 e. The third kappa shape index (κ3) is 3.26. The van der Waals surface area contributed by atoms with Gasteiger partial charge in [0, 0.05) is 51.2 Å². The smallest absolute Gasteiger partial charge is 0.252 e. The van der Waals surface area contributed by atoms with E-state index in [2.05, 4.69) is 179 Å². The van der Waals surface area contributed by atoms with Gasteiger partial charge in [-0.15, -0.1) is 0 Å². The van der Waals surface area contributed by atoms with Gasteiger partial charge in [0.25, 0.3) is 13.4 Å². The molecule has 0 spiro atoms. The van der Waals surface area contributed by atoms with E-state index in [-0.39, 0.29) is 13.4 Å². The minimum absolute atomic E-state index is 0.109. The van der Waals surface area contributed by atoms with Crippen LogP contribution in [0.15, 0.2) is 158 Å². The van der Waals surface area contributed by atoms with E-state index in [4.69, 9.17) is 0 Å². The standard InChI is InChI=1S/C43H29B2N3/c1-28-15-5-10-22-34(28)47-36-24-12-7-19-31(36)45-33-21-9-14-26-38(33)48-37-25-13-8-20-32(37)44-30-18-6-11-23-35(30)46(29-16-3-2-4-17-29)39-27-40(47)42(45)43(48)41(39)44/h2-27H,1H3. The van der Waals surface area contributed by atoms with E-state index in [1.54, 1.807) is 0 Å². The highest BCUT2D eigenvalue weighted by Crippen LogP contribution is 2.49. The first-order valence-corrected chi connectivity index (χ1v) is 16.9. The second-order valence-corrected chi connectivity index (χ2v) is 13.3. The molecule has 0 fully saturated rings. The molecular formula is C43H29B2N3. The van der Waals surface area contributed by atoms with Gasteiger partial charge in [-0.1, -0.05) is 109 Å². The lowest BCUT2D eigenvalue weighted by atomic mass is 9.29. The Balaban J connectivity index is 1.35. The fourth-order valence-electron chi connectivity index (χ4n) is 9.11. The monoisotopic (exact) mass is 609 g/mol. The van der Waals surface area contributed by atoms with E-state index in [1.807, 2.05) is 0 Å². The fourth-order valence-corrected chi connectivity index (χ4v) is 9.11. The minimum Gasteiger partial charge on any atom is -0.312 e. The van der Waals surface area contributed by atoms with Gasteiger partial charge < -0.3 is 14.7 Å². The Kier molecular flexibility index (Phi) is 5.21. The Morgan fingerprint density at radius 2 is 0.750 bits per heavy atom. The van der Waals surface area contributed by atoms with Gasteiger partial charge in [0.1, 0.15) is 0 Å².